The number of benzene rings is 1. The van der Waals surface area contributed by atoms with Crippen molar-refractivity contribution in [2.24, 2.45) is 5.73 Å². The number of nitrogens with one attached hydrogen (secondary N) is 1. The largest absolute Gasteiger partial charge is 0.381 e. The number of amides is 1. The number of nitrogens with two attached hydrogens (primary N) is 1. The van der Waals surface area contributed by atoms with E-state index in [-0.39, 0.29) is 24.7 Å². The molecule has 2 atom stereocenters. The predicted molar refractivity (Wildman–Crippen MR) is 82.0 cm³/mol. The van der Waals surface area contributed by atoms with Crippen molar-refractivity contribution in [2.45, 2.75) is 44.4 Å². The summed E-state index contributed by atoms with van der Waals surface area (Å²) in [6.45, 7) is 0.468. The summed E-state index contributed by atoms with van der Waals surface area (Å²) < 4.78 is 11.1. The van der Waals surface area contributed by atoms with Crippen molar-refractivity contribution < 1.29 is 14.3 Å². The van der Waals surface area contributed by atoms with E-state index in [0.29, 0.717) is 6.54 Å². The van der Waals surface area contributed by atoms with E-state index in [0.717, 1.165) is 36.9 Å². The Morgan fingerprint density at radius 2 is 2.10 bits per heavy atom. The van der Waals surface area contributed by atoms with Gasteiger partial charge in [0.1, 0.15) is 6.61 Å². The minimum Gasteiger partial charge on any atom is -0.381 e. The molecule has 0 bridgehead atoms. The maximum atomic E-state index is 12.0. The van der Waals surface area contributed by atoms with Gasteiger partial charge in [0.25, 0.3) is 0 Å². The lowest BCUT2D eigenvalue weighted by Gasteiger charge is -2.28. The molecule has 3 N–H and O–H groups in total. The standard InChI is InChI=1S/C16H24N2O3/c1-20-13-6-4-7-14(9-13)21-11-16(19)18-15-8-3-2-5-12(15)10-17/h2-3,5,8,13-14H,4,6-7,9-11,17H2,1H3,(H,18,19). The Bertz CT molecular complexity index is 465. The van der Waals surface area contributed by atoms with Crippen molar-refractivity contribution >= 4 is 11.6 Å². The van der Waals surface area contributed by atoms with Crippen molar-refractivity contribution in [3.63, 3.8) is 0 Å². The number of carbonyl (C=O) groups excluding carboxylic acids is 1. The van der Waals surface area contributed by atoms with Gasteiger partial charge in [0.05, 0.1) is 12.2 Å². The zero-order valence-electron chi connectivity index (χ0n) is 12.5. The number of ether oxygens (including phenoxy) is 2. The smallest absolute Gasteiger partial charge is 0.250 e. The number of para-hydroxylation sites is 1. The SMILES string of the molecule is COC1CCCC(OCC(=O)Nc2ccccc2CN)C1. The lowest BCUT2D eigenvalue weighted by Crippen LogP contribution is -2.30. The molecule has 0 radical (unpaired) electrons. The highest BCUT2D eigenvalue weighted by atomic mass is 16.5. The summed E-state index contributed by atoms with van der Waals surface area (Å²) in [7, 11) is 1.73. The van der Waals surface area contributed by atoms with Crippen molar-refractivity contribution in [1.29, 1.82) is 0 Å². The quantitative estimate of drug-likeness (QED) is 0.841. The third-order valence-corrected chi connectivity index (χ3v) is 3.87. The minimum atomic E-state index is -0.143. The number of anilines is 1. The van der Waals surface area contributed by atoms with Gasteiger partial charge in [-0.2, -0.15) is 0 Å². The highest BCUT2D eigenvalue weighted by molar-refractivity contribution is 5.92. The molecule has 2 unspecified atom stereocenters. The minimum absolute atomic E-state index is 0.0695. The van der Waals surface area contributed by atoms with Crippen LogP contribution in [0, 0.1) is 0 Å². The summed E-state index contributed by atoms with van der Waals surface area (Å²) in [6, 6.07) is 7.53. The van der Waals surface area contributed by atoms with Crippen LogP contribution in [0.3, 0.4) is 0 Å². The Labute approximate surface area is 125 Å². The zero-order valence-corrected chi connectivity index (χ0v) is 12.5. The van der Waals surface area contributed by atoms with E-state index in [9.17, 15) is 4.79 Å². The summed E-state index contributed by atoms with van der Waals surface area (Å²) >= 11 is 0. The Balaban J connectivity index is 1.79. The van der Waals surface area contributed by atoms with E-state index >= 15 is 0 Å². The predicted octanol–water partition coefficient (Wildman–Crippen LogP) is 2.06. The van der Waals surface area contributed by atoms with Crippen LogP contribution in [0.1, 0.15) is 31.2 Å². The van der Waals surface area contributed by atoms with Crippen LogP contribution in [-0.2, 0) is 20.8 Å². The summed E-state index contributed by atoms with van der Waals surface area (Å²) in [6.07, 6.45) is 4.38. The van der Waals surface area contributed by atoms with Crippen molar-refractivity contribution in [2.75, 3.05) is 19.0 Å². The van der Waals surface area contributed by atoms with Gasteiger partial charge in [-0.05, 0) is 37.3 Å². The molecule has 0 heterocycles. The summed E-state index contributed by atoms with van der Waals surface area (Å²) in [4.78, 5) is 12.0. The first kappa shape index (κ1) is 15.9. The van der Waals surface area contributed by atoms with Crippen LogP contribution >= 0.6 is 0 Å². The maximum Gasteiger partial charge on any atom is 0.250 e. The Hall–Kier alpha value is -1.43. The third-order valence-electron chi connectivity index (χ3n) is 3.87. The molecule has 0 spiro atoms. The molecule has 0 saturated heterocycles. The van der Waals surface area contributed by atoms with E-state index in [1.165, 1.54) is 0 Å². The average molecular weight is 292 g/mol. The van der Waals surface area contributed by atoms with Crippen molar-refractivity contribution in [3.8, 4) is 0 Å². The molecule has 116 valence electrons. The average Bonchev–Trinajstić information content (AvgIpc) is 2.53. The molecule has 1 amide bonds. The van der Waals surface area contributed by atoms with Gasteiger partial charge in [-0.3, -0.25) is 4.79 Å². The molecule has 5 heteroatoms. The summed E-state index contributed by atoms with van der Waals surface area (Å²) in [5.41, 5.74) is 7.33. The number of hydrogen-bond acceptors (Lipinski definition) is 4. The molecule has 1 aromatic rings. The lowest BCUT2D eigenvalue weighted by molar-refractivity contribution is -0.124. The van der Waals surface area contributed by atoms with E-state index in [2.05, 4.69) is 5.32 Å². The molecule has 0 aromatic heterocycles. The molecule has 1 aliphatic carbocycles. The first-order chi connectivity index (χ1) is 10.2. The lowest BCUT2D eigenvalue weighted by atomic mass is 9.95. The first-order valence-corrected chi connectivity index (χ1v) is 7.45. The van der Waals surface area contributed by atoms with Crippen LogP contribution in [0.25, 0.3) is 0 Å². The molecular formula is C16H24N2O3. The number of methoxy groups -OCH3 is 1. The second-order valence-corrected chi connectivity index (χ2v) is 5.37. The molecular weight excluding hydrogens is 268 g/mol. The molecule has 1 aromatic carbocycles. The Morgan fingerprint density at radius 1 is 1.33 bits per heavy atom. The van der Waals surface area contributed by atoms with Crippen LogP contribution in [0.2, 0.25) is 0 Å². The zero-order chi connectivity index (χ0) is 15.1. The van der Waals surface area contributed by atoms with E-state index in [1.807, 2.05) is 24.3 Å². The highest BCUT2D eigenvalue weighted by Gasteiger charge is 2.22. The van der Waals surface area contributed by atoms with Gasteiger partial charge in [0.15, 0.2) is 0 Å². The Morgan fingerprint density at radius 3 is 2.86 bits per heavy atom. The van der Waals surface area contributed by atoms with Crippen LogP contribution < -0.4 is 11.1 Å². The van der Waals surface area contributed by atoms with Gasteiger partial charge in [0, 0.05) is 19.3 Å². The van der Waals surface area contributed by atoms with E-state index in [4.69, 9.17) is 15.2 Å². The number of hydrogen-bond donors (Lipinski definition) is 2. The number of carbonyl (C=O) groups is 1. The topological polar surface area (TPSA) is 73.6 Å². The van der Waals surface area contributed by atoms with Gasteiger partial charge in [-0.25, -0.2) is 0 Å². The second-order valence-electron chi connectivity index (χ2n) is 5.37. The van der Waals surface area contributed by atoms with Crippen LogP contribution in [0.4, 0.5) is 5.69 Å². The molecule has 21 heavy (non-hydrogen) atoms. The monoisotopic (exact) mass is 292 g/mol. The van der Waals surface area contributed by atoms with Gasteiger partial charge in [-0.15, -0.1) is 0 Å². The number of rotatable bonds is 6. The van der Waals surface area contributed by atoms with Crippen molar-refractivity contribution in [1.82, 2.24) is 0 Å². The summed E-state index contributed by atoms with van der Waals surface area (Å²) in [5, 5.41) is 2.85. The van der Waals surface area contributed by atoms with E-state index < -0.39 is 0 Å². The van der Waals surface area contributed by atoms with Crippen LogP contribution in [-0.4, -0.2) is 31.8 Å². The second kappa shape index (κ2) is 8.12. The molecule has 2 rings (SSSR count). The fourth-order valence-electron chi connectivity index (χ4n) is 2.67. The Kier molecular flexibility index (Phi) is 6.17. The van der Waals surface area contributed by atoms with Crippen LogP contribution in [0.5, 0.6) is 0 Å². The maximum absolute atomic E-state index is 12.0. The summed E-state index contributed by atoms with van der Waals surface area (Å²) in [5.74, 6) is -0.143. The highest BCUT2D eigenvalue weighted by Crippen LogP contribution is 2.23. The molecule has 1 aliphatic rings. The van der Waals surface area contributed by atoms with Crippen molar-refractivity contribution in [3.05, 3.63) is 29.8 Å². The van der Waals surface area contributed by atoms with Gasteiger partial charge < -0.3 is 20.5 Å². The molecule has 1 saturated carbocycles. The fourth-order valence-corrected chi connectivity index (χ4v) is 2.67. The van der Waals surface area contributed by atoms with Gasteiger partial charge in [0.2, 0.25) is 5.91 Å². The first-order valence-electron chi connectivity index (χ1n) is 7.45. The third kappa shape index (κ3) is 4.81. The molecule has 0 aliphatic heterocycles. The normalized spacial score (nSPS) is 22.0. The van der Waals surface area contributed by atoms with Gasteiger partial charge >= 0.3 is 0 Å². The van der Waals surface area contributed by atoms with E-state index in [1.54, 1.807) is 7.11 Å². The fraction of sp³-hybridized carbons (Fsp3) is 0.562. The van der Waals surface area contributed by atoms with Gasteiger partial charge in [-0.1, -0.05) is 18.2 Å². The molecule has 1 fully saturated rings. The van der Waals surface area contributed by atoms with Crippen LogP contribution in [0.15, 0.2) is 24.3 Å². The molecule has 5 nitrogen and oxygen atoms in total.